The van der Waals surface area contributed by atoms with Gasteiger partial charge in [0.1, 0.15) is 23.1 Å². The monoisotopic (exact) mass is 601 g/mol. The third-order valence-electron chi connectivity index (χ3n) is 9.68. The van der Waals surface area contributed by atoms with E-state index in [1.165, 1.54) is 6.07 Å². The van der Waals surface area contributed by atoms with Crippen LogP contribution in [0.1, 0.15) is 41.7 Å². The molecule has 2 aliphatic heterocycles. The Morgan fingerprint density at radius 2 is 1.47 bits per heavy atom. The molecule has 3 aliphatic rings. The van der Waals surface area contributed by atoms with Gasteiger partial charge >= 0.3 is 0 Å². The Hall–Kier alpha value is -4.68. The van der Waals surface area contributed by atoms with Crippen molar-refractivity contribution in [2.75, 3.05) is 38.3 Å². The first-order valence-corrected chi connectivity index (χ1v) is 15.4. The maximum atomic E-state index is 15.8. The molecule has 45 heavy (non-hydrogen) atoms. The van der Waals surface area contributed by atoms with Crippen molar-refractivity contribution in [2.45, 2.75) is 24.9 Å². The van der Waals surface area contributed by atoms with Gasteiger partial charge in [-0.15, -0.1) is 0 Å². The summed E-state index contributed by atoms with van der Waals surface area (Å²) in [7, 11) is 1.67. The number of hydrogen-bond donors (Lipinski definition) is 0. The van der Waals surface area contributed by atoms with E-state index in [0.29, 0.717) is 48.9 Å². The first-order chi connectivity index (χ1) is 21.8. The van der Waals surface area contributed by atoms with E-state index in [-0.39, 0.29) is 0 Å². The van der Waals surface area contributed by atoms with E-state index in [2.05, 4.69) is 47.4 Å². The molecule has 0 atom stereocenters. The van der Waals surface area contributed by atoms with Gasteiger partial charge in [-0.3, -0.25) is 0 Å². The summed E-state index contributed by atoms with van der Waals surface area (Å²) < 4.78 is 49.7. The van der Waals surface area contributed by atoms with Crippen molar-refractivity contribution in [3.63, 3.8) is 0 Å². The van der Waals surface area contributed by atoms with Gasteiger partial charge in [-0.1, -0.05) is 80.6 Å². The molecule has 0 unspecified atom stereocenters. The molecule has 0 amide bonds. The molecule has 0 spiro atoms. The summed E-state index contributed by atoms with van der Waals surface area (Å²) in [5, 5.41) is 1.69. The highest BCUT2D eigenvalue weighted by Gasteiger charge is 2.46. The molecule has 8 rings (SSSR count). The van der Waals surface area contributed by atoms with Gasteiger partial charge in [0.2, 0.25) is 0 Å². The Labute approximate surface area is 261 Å². The third kappa shape index (κ3) is 4.05. The number of rotatable bonds is 4. The molecule has 5 aromatic rings. The van der Waals surface area contributed by atoms with E-state index in [0.717, 1.165) is 50.3 Å². The molecule has 0 bridgehead atoms. The van der Waals surface area contributed by atoms with E-state index in [1.807, 2.05) is 56.3 Å². The van der Waals surface area contributed by atoms with Crippen LogP contribution in [0.3, 0.4) is 0 Å². The normalized spacial score (nSPS) is 17.4. The van der Waals surface area contributed by atoms with Crippen LogP contribution in [0.4, 0.5) is 14.5 Å². The van der Waals surface area contributed by atoms with E-state index in [1.54, 1.807) is 7.11 Å². The molecule has 0 saturated carbocycles. The minimum absolute atomic E-state index is 0.494. The van der Waals surface area contributed by atoms with Crippen molar-refractivity contribution < 1.29 is 23.0 Å². The number of morpholine rings is 1. The number of hydrogen-bond acceptors (Lipinski definition) is 4. The maximum Gasteiger partial charge on any atom is 0.178 e. The van der Waals surface area contributed by atoms with Crippen LogP contribution in [-0.4, -0.2) is 33.4 Å². The predicted octanol–water partition coefficient (Wildman–Crippen LogP) is 8.62. The molecule has 5 aromatic carbocycles. The Bertz CT molecular complexity index is 1960. The highest BCUT2D eigenvalue weighted by atomic mass is 19.1. The minimum Gasteiger partial charge on any atom is -0.495 e. The quantitative estimate of drug-likeness (QED) is 0.206. The summed E-state index contributed by atoms with van der Waals surface area (Å²) in [5.41, 5.74) is 4.91. The summed E-state index contributed by atoms with van der Waals surface area (Å²) in [6.45, 7) is 6.68. The lowest BCUT2D eigenvalue weighted by molar-refractivity contribution is 0.122. The molecule has 1 saturated heterocycles. The Kier molecular flexibility index (Phi) is 6.30. The van der Waals surface area contributed by atoms with Crippen LogP contribution in [0.2, 0.25) is 0 Å². The van der Waals surface area contributed by atoms with Crippen LogP contribution in [0.25, 0.3) is 28.0 Å². The molecule has 0 N–H and O–H groups in total. The Morgan fingerprint density at radius 3 is 2.11 bits per heavy atom. The summed E-state index contributed by atoms with van der Waals surface area (Å²) in [5.74, 6) is 0.255. The third-order valence-corrected chi connectivity index (χ3v) is 9.68. The number of methoxy groups -OCH3 is 1. The number of nitrogens with zero attached hydrogens (tertiary/aromatic N) is 1. The highest BCUT2D eigenvalue weighted by molar-refractivity contribution is 6.10. The van der Waals surface area contributed by atoms with Crippen LogP contribution in [-0.2, 0) is 15.8 Å². The molecular weight excluding hydrogens is 568 g/mol. The minimum atomic E-state index is -0.917. The largest absolute Gasteiger partial charge is 0.495 e. The smallest absolute Gasteiger partial charge is 0.178 e. The standard InChI is InChI=1S/C39H33F2NO3/c1-38(2)35-30(20-26(40)21-31(35)41)34-28-22-32(42-16-18-44-19-17-42)33(43-3)23-29(28)37-27(36(34)38)14-15-39(45-37,24-10-6-4-7-11-24)25-12-8-5-9-13-25/h4-15,20-23H,16-19H2,1-3H3. The zero-order valence-electron chi connectivity index (χ0n) is 25.5. The average molecular weight is 602 g/mol. The van der Waals surface area contributed by atoms with Gasteiger partial charge in [0, 0.05) is 52.2 Å². The second-order valence-electron chi connectivity index (χ2n) is 12.5. The Morgan fingerprint density at radius 1 is 0.800 bits per heavy atom. The zero-order chi connectivity index (χ0) is 30.9. The van der Waals surface area contributed by atoms with E-state index < -0.39 is 22.7 Å². The van der Waals surface area contributed by atoms with Gasteiger partial charge in [0.15, 0.2) is 5.60 Å². The molecule has 2 heterocycles. The molecule has 1 aliphatic carbocycles. The van der Waals surface area contributed by atoms with Crippen molar-refractivity contribution in [1.29, 1.82) is 0 Å². The van der Waals surface area contributed by atoms with Crippen LogP contribution in [0, 0.1) is 11.6 Å². The number of anilines is 1. The molecule has 0 radical (unpaired) electrons. The first kappa shape index (κ1) is 27.8. The second kappa shape index (κ2) is 10.2. The lowest BCUT2D eigenvalue weighted by Gasteiger charge is -2.38. The van der Waals surface area contributed by atoms with E-state index >= 15 is 4.39 Å². The van der Waals surface area contributed by atoms with Crippen molar-refractivity contribution in [2.24, 2.45) is 0 Å². The molecule has 1 fully saturated rings. The van der Waals surface area contributed by atoms with Crippen LogP contribution in [0.5, 0.6) is 11.5 Å². The topological polar surface area (TPSA) is 30.9 Å². The lowest BCUT2D eigenvalue weighted by Crippen LogP contribution is -2.36. The average Bonchev–Trinajstić information content (AvgIpc) is 3.31. The molecule has 4 nitrogen and oxygen atoms in total. The van der Waals surface area contributed by atoms with Gasteiger partial charge < -0.3 is 19.1 Å². The van der Waals surface area contributed by atoms with Crippen LogP contribution < -0.4 is 14.4 Å². The number of ether oxygens (including phenoxy) is 3. The molecule has 6 heteroatoms. The van der Waals surface area contributed by atoms with Crippen molar-refractivity contribution in [3.8, 4) is 22.6 Å². The molecular formula is C39H33F2NO3. The first-order valence-electron chi connectivity index (χ1n) is 15.4. The van der Waals surface area contributed by atoms with Gasteiger partial charge in [0.25, 0.3) is 0 Å². The Balaban J connectivity index is 1.49. The maximum absolute atomic E-state index is 15.8. The molecule has 226 valence electrons. The predicted molar refractivity (Wildman–Crippen MR) is 174 cm³/mol. The number of benzene rings is 5. The summed E-state index contributed by atoms with van der Waals surface area (Å²) in [6.07, 6.45) is 4.21. The van der Waals surface area contributed by atoms with Crippen molar-refractivity contribution in [3.05, 3.63) is 130 Å². The van der Waals surface area contributed by atoms with Gasteiger partial charge in [-0.25, -0.2) is 8.78 Å². The fourth-order valence-corrected chi connectivity index (χ4v) is 7.68. The SMILES string of the molecule is COc1cc2c3c(c4c(c2cc1N1CCOCC1)-c1cc(F)cc(F)c1C4(C)C)C=CC(c1ccccc1)(c1ccccc1)O3. The van der Waals surface area contributed by atoms with Crippen LogP contribution in [0.15, 0.2) is 91.0 Å². The number of fused-ring (bicyclic) bond motifs is 8. The van der Waals surface area contributed by atoms with Crippen molar-refractivity contribution >= 4 is 22.5 Å². The van der Waals surface area contributed by atoms with Gasteiger partial charge in [0.05, 0.1) is 26.0 Å². The fourth-order valence-electron chi connectivity index (χ4n) is 7.68. The summed E-state index contributed by atoms with van der Waals surface area (Å²) in [6, 6.07) is 27.0. The second-order valence-corrected chi connectivity index (χ2v) is 12.5. The highest BCUT2D eigenvalue weighted by Crippen LogP contribution is 2.59. The van der Waals surface area contributed by atoms with Crippen molar-refractivity contribution in [1.82, 2.24) is 0 Å². The van der Waals surface area contributed by atoms with E-state index in [4.69, 9.17) is 14.2 Å². The summed E-state index contributed by atoms with van der Waals surface area (Å²) >= 11 is 0. The number of halogens is 2. The molecule has 0 aromatic heterocycles. The van der Waals surface area contributed by atoms with Crippen LogP contribution >= 0.6 is 0 Å². The van der Waals surface area contributed by atoms with E-state index in [9.17, 15) is 4.39 Å². The van der Waals surface area contributed by atoms with Gasteiger partial charge in [-0.05, 0) is 46.4 Å². The summed E-state index contributed by atoms with van der Waals surface area (Å²) in [4.78, 5) is 2.25. The van der Waals surface area contributed by atoms with Gasteiger partial charge in [-0.2, -0.15) is 0 Å². The zero-order valence-corrected chi connectivity index (χ0v) is 25.5. The lowest BCUT2D eigenvalue weighted by atomic mass is 9.76. The fraction of sp³-hybridized carbons (Fsp3) is 0.231.